The molecule has 1 heterocycles. The molecule has 0 aliphatic carbocycles. The maximum atomic E-state index is 13.2. The van der Waals surface area contributed by atoms with Gasteiger partial charge in [-0.25, -0.2) is 12.8 Å². The number of carbonyl (C=O) groups is 1. The fourth-order valence-corrected chi connectivity index (χ4v) is 4.02. The first-order valence-electron chi connectivity index (χ1n) is 8.19. The number of amides is 1. The van der Waals surface area contributed by atoms with Crippen LogP contribution in [-0.4, -0.2) is 25.2 Å². The summed E-state index contributed by atoms with van der Waals surface area (Å²) < 4.78 is 45.3. The van der Waals surface area contributed by atoms with Crippen molar-refractivity contribution in [2.45, 2.75) is 11.4 Å². The topological polar surface area (TPSA) is 79.6 Å². The summed E-state index contributed by atoms with van der Waals surface area (Å²) in [5, 5.41) is 2.91. The Kier molecular flexibility index (Phi) is 6.13. The van der Waals surface area contributed by atoms with Gasteiger partial charge >= 0.3 is 0 Å². The lowest BCUT2D eigenvalue weighted by Gasteiger charge is -2.21. The van der Waals surface area contributed by atoms with Gasteiger partial charge in [0.1, 0.15) is 11.6 Å². The molecule has 3 rings (SSSR count). The van der Waals surface area contributed by atoms with E-state index in [0.29, 0.717) is 16.5 Å². The highest BCUT2D eigenvalue weighted by molar-refractivity contribution is 7.89. The Morgan fingerprint density at radius 3 is 2.43 bits per heavy atom. The number of nitrogens with one attached hydrogen (secondary N) is 1. The van der Waals surface area contributed by atoms with Crippen LogP contribution in [0.5, 0.6) is 0 Å². The predicted molar refractivity (Wildman–Crippen MR) is 103 cm³/mol. The molecule has 0 atom stereocenters. The van der Waals surface area contributed by atoms with E-state index in [1.54, 1.807) is 36.4 Å². The molecule has 0 saturated heterocycles. The average Bonchev–Trinajstić information content (AvgIpc) is 3.17. The molecule has 6 nitrogen and oxygen atoms in total. The Morgan fingerprint density at radius 1 is 1.07 bits per heavy atom. The van der Waals surface area contributed by atoms with Crippen molar-refractivity contribution in [3.8, 4) is 0 Å². The molecule has 0 aliphatic rings. The van der Waals surface area contributed by atoms with Crippen molar-refractivity contribution in [3.63, 3.8) is 0 Å². The molecule has 0 radical (unpaired) electrons. The molecular formula is C19H16ClFN2O4S. The third kappa shape index (κ3) is 4.78. The smallest absolute Gasteiger partial charge is 0.243 e. The van der Waals surface area contributed by atoms with E-state index in [9.17, 15) is 17.6 Å². The van der Waals surface area contributed by atoms with Gasteiger partial charge in [-0.05, 0) is 48.5 Å². The number of hydrogen-bond donors (Lipinski definition) is 1. The third-order valence-corrected chi connectivity index (χ3v) is 5.97. The number of sulfonamides is 1. The van der Waals surface area contributed by atoms with Crippen LogP contribution < -0.4 is 5.32 Å². The van der Waals surface area contributed by atoms with Gasteiger partial charge in [-0.2, -0.15) is 4.31 Å². The Bertz CT molecular complexity index is 1050. The molecule has 0 bridgehead atoms. The van der Waals surface area contributed by atoms with E-state index < -0.39 is 28.3 Å². The zero-order valence-electron chi connectivity index (χ0n) is 14.5. The zero-order chi connectivity index (χ0) is 20.1. The molecular weight excluding hydrogens is 407 g/mol. The van der Waals surface area contributed by atoms with Gasteiger partial charge < -0.3 is 9.73 Å². The van der Waals surface area contributed by atoms with Crippen LogP contribution in [-0.2, 0) is 21.4 Å². The van der Waals surface area contributed by atoms with Crippen LogP contribution >= 0.6 is 11.6 Å². The summed E-state index contributed by atoms with van der Waals surface area (Å²) in [6, 6.07) is 14.2. The molecule has 3 aromatic rings. The molecule has 0 spiro atoms. The van der Waals surface area contributed by atoms with Crippen molar-refractivity contribution >= 4 is 33.2 Å². The summed E-state index contributed by atoms with van der Waals surface area (Å²) in [5.41, 5.74) is 0.367. The van der Waals surface area contributed by atoms with Crippen LogP contribution in [0, 0.1) is 5.82 Å². The van der Waals surface area contributed by atoms with Crippen molar-refractivity contribution in [3.05, 3.63) is 83.5 Å². The lowest BCUT2D eigenvalue weighted by molar-refractivity contribution is -0.116. The van der Waals surface area contributed by atoms with Crippen LogP contribution in [0.1, 0.15) is 5.76 Å². The van der Waals surface area contributed by atoms with Crippen LogP contribution in [0.15, 0.2) is 76.2 Å². The van der Waals surface area contributed by atoms with Gasteiger partial charge in [0.05, 0.1) is 35.0 Å². The Balaban J connectivity index is 1.85. The molecule has 0 fully saturated rings. The monoisotopic (exact) mass is 422 g/mol. The van der Waals surface area contributed by atoms with E-state index in [-0.39, 0.29) is 11.4 Å². The minimum absolute atomic E-state index is 0.133. The van der Waals surface area contributed by atoms with Gasteiger partial charge in [-0.1, -0.05) is 23.7 Å². The minimum Gasteiger partial charge on any atom is -0.468 e. The Morgan fingerprint density at radius 2 is 1.79 bits per heavy atom. The lowest BCUT2D eigenvalue weighted by atomic mass is 10.3. The number of benzene rings is 2. The predicted octanol–water partition coefficient (Wildman–Crippen LogP) is 3.90. The van der Waals surface area contributed by atoms with Crippen molar-refractivity contribution in [1.82, 2.24) is 4.31 Å². The van der Waals surface area contributed by atoms with Crippen molar-refractivity contribution in [2.75, 3.05) is 11.9 Å². The van der Waals surface area contributed by atoms with E-state index in [0.717, 1.165) is 28.6 Å². The van der Waals surface area contributed by atoms with Crippen LogP contribution in [0.3, 0.4) is 0 Å². The summed E-state index contributed by atoms with van der Waals surface area (Å²) in [6.07, 6.45) is 1.40. The van der Waals surface area contributed by atoms with Crippen molar-refractivity contribution in [1.29, 1.82) is 0 Å². The SMILES string of the molecule is O=C(CN(Cc1ccco1)S(=O)(=O)c1ccc(F)cc1)Nc1ccccc1Cl. The number of anilines is 1. The Labute approximate surface area is 166 Å². The van der Waals surface area contributed by atoms with Crippen LogP contribution in [0.2, 0.25) is 5.02 Å². The van der Waals surface area contributed by atoms with Crippen molar-refractivity contribution < 1.29 is 22.0 Å². The highest BCUT2D eigenvalue weighted by atomic mass is 35.5. The van der Waals surface area contributed by atoms with Crippen LogP contribution in [0.25, 0.3) is 0 Å². The molecule has 2 aromatic carbocycles. The fourth-order valence-electron chi connectivity index (χ4n) is 2.47. The van der Waals surface area contributed by atoms with E-state index in [1.165, 1.54) is 6.26 Å². The van der Waals surface area contributed by atoms with Crippen molar-refractivity contribution in [2.24, 2.45) is 0 Å². The average molecular weight is 423 g/mol. The maximum absolute atomic E-state index is 13.2. The standard InChI is InChI=1S/C19H16ClFN2O4S/c20-17-5-1-2-6-18(17)22-19(24)13-23(12-15-4-3-11-27-15)28(25,26)16-9-7-14(21)8-10-16/h1-11H,12-13H2,(H,22,24). The number of hydrogen-bond acceptors (Lipinski definition) is 4. The highest BCUT2D eigenvalue weighted by Gasteiger charge is 2.28. The number of carbonyl (C=O) groups excluding carboxylic acids is 1. The molecule has 0 unspecified atom stereocenters. The highest BCUT2D eigenvalue weighted by Crippen LogP contribution is 2.22. The van der Waals surface area contributed by atoms with E-state index in [4.69, 9.17) is 16.0 Å². The van der Waals surface area contributed by atoms with E-state index >= 15 is 0 Å². The second kappa shape index (κ2) is 8.55. The van der Waals surface area contributed by atoms with Gasteiger partial charge in [0.25, 0.3) is 0 Å². The van der Waals surface area contributed by atoms with Gasteiger partial charge in [-0.15, -0.1) is 0 Å². The normalized spacial score (nSPS) is 11.5. The van der Waals surface area contributed by atoms with Gasteiger partial charge in [-0.3, -0.25) is 4.79 Å². The first-order valence-corrected chi connectivity index (χ1v) is 10.0. The maximum Gasteiger partial charge on any atom is 0.243 e. The second-order valence-corrected chi connectivity index (χ2v) is 8.18. The molecule has 1 aromatic heterocycles. The van der Waals surface area contributed by atoms with Crippen LogP contribution in [0.4, 0.5) is 10.1 Å². The molecule has 146 valence electrons. The minimum atomic E-state index is -4.08. The molecule has 28 heavy (non-hydrogen) atoms. The molecule has 1 amide bonds. The number of rotatable bonds is 7. The summed E-state index contributed by atoms with van der Waals surface area (Å²) >= 11 is 6.02. The summed E-state index contributed by atoms with van der Waals surface area (Å²) in [7, 11) is -4.08. The first kappa shape index (κ1) is 20.1. The first-order chi connectivity index (χ1) is 13.4. The molecule has 0 aliphatic heterocycles. The molecule has 9 heteroatoms. The second-order valence-electron chi connectivity index (χ2n) is 5.83. The Hall–Kier alpha value is -2.68. The number of nitrogens with zero attached hydrogens (tertiary/aromatic N) is 1. The number of furan rings is 1. The quantitative estimate of drug-likeness (QED) is 0.626. The third-order valence-electron chi connectivity index (χ3n) is 3.83. The summed E-state index contributed by atoms with van der Waals surface area (Å²) in [6.45, 7) is -0.645. The fraction of sp³-hybridized carbons (Fsp3) is 0.105. The molecule has 1 N–H and O–H groups in total. The lowest BCUT2D eigenvalue weighted by Crippen LogP contribution is -2.37. The zero-order valence-corrected chi connectivity index (χ0v) is 16.1. The van der Waals surface area contributed by atoms with E-state index in [2.05, 4.69) is 5.32 Å². The van der Waals surface area contributed by atoms with Gasteiger partial charge in [0, 0.05) is 0 Å². The number of halogens is 2. The van der Waals surface area contributed by atoms with Gasteiger partial charge in [0.2, 0.25) is 15.9 Å². The van der Waals surface area contributed by atoms with Gasteiger partial charge in [0.15, 0.2) is 0 Å². The van der Waals surface area contributed by atoms with E-state index in [1.807, 2.05) is 0 Å². The summed E-state index contributed by atoms with van der Waals surface area (Å²) in [4.78, 5) is 12.3. The molecule has 0 saturated carbocycles. The summed E-state index contributed by atoms with van der Waals surface area (Å²) in [5.74, 6) is -0.783. The largest absolute Gasteiger partial charge is 0.468 e. The number of para-hydroxylation sites is 1.